The van der Waals surface area contributed by atoms with Gasteiger partial charge in [-0.25, -0.2) is 0 Å². The van der Waals surface area contributed by atoms with Crippen LogP contribution in [0.2, 0.25) is 5.02 Å². The molecular formula is C20H17ClN4O3S. The summed E-state index contributed by atoms with van der Waals surface area (Å²) in [7, 11) is 1.60. The maximum absolute atomic E-state index is 12.5. The lowest BCUT2D eigenvalue weighted by Gasteiger charge is -2.16. The topological polar surface area (TPSA) is 84.4 Å². The lowest BCUT2D eigenvalue weighted by atomic mass is 10.1. The van der Waals surface area contributed by atoms with Crippen molar-refractivity contribution in [3.05, 3.63) is 64.1 Å². The Morgan fingerprint density at radius 3 is 2.76 bits per heavy atom. The van der Waals surface area contributed by atoms with Gasteiger partial charge < -0.3 is 9.64 Å². The third-order valence-corrected chi connectivity index (χ3v) is 5.84. The summed E-state index contributed by atoms with van der Waals surface area (Å²) >= 11 is 7.20. The van der Waals surface area contributed by atoms with E-state index in [1.807, 2.05) is 24.3 Å². The molecule has 1 saturated heterocycles. The summed E-state index contributed by atoms with van der Waals surface area (Å²) in [5, 5.41) is 12.6. The molecule has 1 aliphatic rings. The second-order valence-electron chi connectivity index (χ2n) is 6.51. The number of carbonyl (C=O) groups is 2. The van der Waals surface area contributed by atoms with E-state index >= 15 is 0 Å². The normalized spacial score (nSPS) is 16.1. The fourth-order valence-electron chi connectivity index (χ4n) is 3.13. The Bertz CT molecular complexity index is 1050. The molecule has 9 heteroatoms. The number of hydrogen-bond donors (Lipinski definition) is 1. The lowest BCUT2D eigenvalue weighted by Crippen LogP contribution is -2.24. The molecule has 1 fully saturated rings. The smallest absolute Gasteiger partial charge is 0.257 e. The molecule has 2 heterocycles. The zero-order valence-corrected chi connectivity index (χ0v) is 17.0. The number of halogens is 1. The summed E-state index contributed by atoms with van der Waals surface area (Å²) in [5.74, 6) is 0.387. The maximum atomic E-state index is 12.5. The van der Waals surface area contributed by atoms with Crippen LogP contribution < -0.4 is 15.0 Å². The molecule has 4 rings (SSSR count). The Kier molecular flexibility index (Phi) is 5.46. The van der Waals surface area contributed by atoms with Gasteiger partial charge in [-0.1, -0.05) is 29.0 Å². The minimum Gasteiger partial charge on any atom is -0.497 e. The number of rotatable bonds is 5. The molecule has 0 saturated carbocycles. The number of benzene rings is 2. The Balaban J connectivity index is 1.44. The zero-order valence-electron chi connectivity index (χ0n) is 15.5. The van der Waals surface area contributed by atoms with Gasteiger partial charge in [0.15, 0.2) is 0 Å². The molecule has 0 unspecified atom stereocenters. The third kappa shape index (κ3) is 4.23. The van der Waals surface area contributed by atoms with Crippen LogP contribution >= 0.6 is 22.9 Å². The van der Waals surface area contributed by atoms with E-state index in [0.717, 1.165) is 16.4 Å². The molecule has 0 spiro atoms. The molecule has 3 aromatic rings. The molecule has 0 radical (unpaired) electrons. The van der Waals surface area contributed by atoms with Crippen molar-refractivity contribution < 1.29 is 14.3 Å². The van der Waals surface area contributed by atoms with Crippen LogP contribution in [0.1, 0.15) is 27.7 Å². The molecular weight excluding hydrogens is 412 g/mol. The third-order valence-electron chi connectivity index (χ3n) is 4.61. The second kappa shape index (κ2) is 8.18. The Morgan fingerprint density at radius 2 is 2.03 bits per heavy atom. The molecule has 1 aromatic heterocycles. The van der Waals surface area contributed by atoms with Gasteiger partial charge in [-0.3, -0.25) is 14.9 Å². The number of amides is 2. The van der Waals surface area contributed by atoms with E-state index in [1.54, 1.807) is 36.3 Å². The van der Waals surface area contributed by atoms with Gasteiger partial charge in [-0.05, 0) is 42.5 Å². The Morgan fingerprint density at radius 1 is 1.24 bits per heavy atom. The van der Waals surface area contributed by atoms with E-state index in [0.29, 0.717) is 28.7 Å². The van der Waals surface area contributed by atoms with Gasteiger partial charge in [0.05, 0.1) is 7.11 Å². The highest BCUT2D eigenvalue weighted by atomic mass is 35.5. The molecule has 1 atom stereocenters. The summed E-state index contributed by atoms with van der Waals surface area (Å²) in [6.07, 6.45) is 0.350. The molecule has 1 N–H and O–H groups in total. The standard InChI is InChI=1S/C20H17ClN4O3S/c1-28-16-7-5-15(6-8-16)25-11-13(10-17(25)26)19-23-24-20(29-19)22-18(27)12-3-2-4-14(21)9-12/h2-9,13H,10-11H2,1H3,(H,22,24,27)/t13-/m0/s1. The van der Waals surface area contributed by atoms with Crippen LogP contribution in [0.4, 0.5) is 10.8 Å². The van der Waals surface area contributed by atoms with Gasteiger partial charge in [0.25, 0.3) is 5.91 Å². The van der Waals surface area contributed by atoms with Crippen molar-refractivity contribution in [3.63, 3.8) is 0 Å². The molecule has 1 aliphatic heterocycles. The maximum Gasteiger partial charge on any atom is 0.257 e. The summed E-state index contributed by atoms with van der Waals surface area (Å²) < 4.78 is 5.16. The van der Waals surface area contributed by atoms with Crippen molar-refractivity contribution in [1.82, 2.24) is 10.2 Å². The second-order valence-corrected chi connectivity index (χ2v) is 7.96. The lowest BCUT2D eigenvalue weighted by molar-refractivity contribution is -0.117. The van der Waals surface area contributed by atoms with E-state index in [4.69, 9.17) is 16.3 Å². The first-order valence-corrected chi connectivity index (χ1v) is 10.1. The van der Waals surface area contributed by atoms with Gasteiger partial charge in [-0.15, -0.1) is 10.2 Å². The van der Waals surface area contributed by atoms with E-state index in [9.17, 15) is 9.59 Å². The van der Waals surface area contributed by atoms with Crippen LogP contribution in [0.15, 0.2) is 48.5 Å². The van der Waals surface area contributed by atoms with E-state index in [2.05, 4.69) is 15.5 Å². The minimum atomic E-state index is -0.308. The van der Waals surface area contributed by atoms with E-state index in [1.165, 1.54) is 11.3 Å². The number of ether oxygens (including phenoxy) is 1. The highest BCUT2D eigenvalue weighted by Crippen LogP contribution is 2.34. The highest BCUT2D eigenvalue weighted by molar-refractivity contribution is 7.15. The average Bonchev–Trinajstić information content (AvgIpc) is 3.34. The molecule has 148 valence electrons. The SMILES string of the molecule is COc1ccc(N2C[C@@H](c3nnc(NC(=O)c4cccc(Cl)c4)s3)CC2=O)cc1. The van der Waals surface area contributed by atoms with E-state index in [-0.39, 0.29) is 17.7 Å². The van der Waals surface area contributed by atoms with Crippen molar-refractivity contribution in [2.24, 2.45) is 0 Å². The average molecular weight is 429 g/mol. The predicted octanol–water partition coefficient (Wildman–Crippen LogP) is 3.97. The molecule has 29 heavy (non-hydrogen) atoms. The number of hydrogen-bond acceptors (Lipinski definition) is 6. The van der Waals surface area contributed by atoms with Crippen molar-refractivity contribution in [1.29, 1.82) is 0 Å². The summed E-state index contributed by atoms with van der Waals surface area (Å²) in [5.41, 5.74) is 1.26. The van der Waals surface area contributed by atoms with Crippen LogP contribution in [-0.2, 0) is 4.79 Å². The fraction of sp³-hybridized carbons (Fsp3) is 0.200. The first-order chi connectivity index (χ1) is 14.0. The largest absolute Gasteiger partial charge is 0.497 e. The van der Waals surface area contributed by atoms with Crippen LogP contribution in [0, 0.1) is 0 Å². The minimum absolute atomic E-state index is 0.0277. The first-order valence-electron chi connectivity index (χ1n) is 8.88. The summed E-state index contributed by atoms with van der Waals surface area (Å²) in [6, 6.07) is 14.0. The molecule has 0 aliphatic carbocycles. The van der Waals surface area contributed by atoms with E-state index < -0.39 is 0 Å². The van der Waals surface area contributed by atoms with Crippen molar-refractivity contribution in [2.75, 3.05) is 23.9 Å². The number of nitrogens with one attached hydrogen (secondary N) is 1. The van der Waals surface area contributed by atoms with Gasteiger partial charge in [-0.2, -0.15) is 0 Å². The van der Waals surface area contributed by atoms with Gasteiger partial charge in [0.2, 0.25) is 11.0 Å². The van der Waals surface area contributed by atoms with Gasteiger partial charge in [0.1, 0.15) is 10.8 Å². The number of anilines is 2. The van der Waals surface area contributed by atoms with Crippen LogP contribution in [0.5, 0.6) is 5.75 Å². The van der Waals surface area contributed by atoms with Gasteiger partial charge >= 0.3 is 0 Å². The van der Waals surface area contributed by atoms with Crippen molar-refractivity contribution >= 4 is 45.6 Å². The predicted molar refractivity (Wildman–Crippen MR) is 112 cm³/mol. The Hall–Kier alpha value is -2.97. The number of carbonyl (C=O) groups excluding carboxylic acids is 2. The van der Waals surface area contributed by atoms with Crippen LogP contribution in [0.3, 0.4) is 0 Å². The number of methoxy groups -OCH3 is 1. The fourth-order valence-corrected chi connectivity index (χ4v) is 4.15. The van der Waals surface area contributed by atoms with Gasteiger partial charge in [0, 0.05) is 35.2 Å². The molecule has 2 aromatic carbocycles. The summed E-state index contributed by atoms with van der Waals surface area (Å²) in [6.45, 7) is 0.516. The van der Waals surface area contributed by atoms with Crippen LogP contribution in [0.25, 0.3) is 0 Å². The molecule has 2 amide bonds. The molecule has 0 bridgehead atoms. The number of nitrogens with zero attached hydrogens (tertiary/aromatic N) is 3. The summed E-state index contributed by atoms with van der Waals surface area (Å²) in [4.78, 5) is 26.5. The van der Waals surface area contributed by atoms with Crippen LogP contribution in [-0.4, -0.2) is 35.7 Å². The van der Waals surface area contributed by atoms with Crippen molar-refractivity contribution in [3.8, 4) is 5.75 Å². The quantitative estimate of drug-likeness (QED) is 0.664. The zero-order chi connectivity index (χ0) is 20.4. The first kappa shape index (κ1) is 19.4. The monoisotopic (exact) mass is 428 g/mol. The molecule has 7 nitrogen and oxygen atoms in total. The highest BCUT2D eigenvalue weighted by Gasteiger charge is 2.34. The van der Waals surface area contributed by atoms with Crippen molar-refractivity contribution in [2.45, 2.75) is 12.3 Å². The number of aromatic nitrogens is 2. The Labute approximate surface area is 176 Å².